The number of ether oxygens (including phenoxy) is 2. The predicted molar refractivity (Wildman–Crippen MR) is 111 cm³/mol. The molecule has 0 atom stereocenters. The van der Waals surface area contributed by atoms with Crippen LogP contribution in [-0.4, -0.2) is 30.7 Å². The fraction of sp³-hybridized carbons (Fsp3) is 0.348. The van der Waals surface area contributed by atoms with Crippen molar-refractivity contribution in [1.82, 2.24) is 4.98 Å². The highest BCUT2D eigenvalue weighted by Crippen LogP contribution is 2.33. The molecular formula is C23H23F3N2O3. The third kappa shape index (κ3) is 4.85. The molecule has 0 unspecified atom stereocenters. The van der Waals surface area contributed by atoms with Crippen molar-refractivity contribution in [3.05, 3.63) is 59.8 Å². The second-order valence-corrected chi connectivity index (χ2v) is 7.72. The SMILES string of the molecule is COC1CC(C(=O)Nc2c[nH]c3ccc(OCCc4ccc(C(F)(F)F)cc4)cc23)C1. The van der Waals surface area contributed by atoms with Gasteiger partial charge >= 0.3 is 6.18 Å². The maximum Gasteiger partial charge on any atom is 0.416 e. The van der Waals surface area contributed by atoms with Crippen LogP contribution >= 0.6 is 0 Å². The van der Waals surface area contributed by atoms with Crippen molar-refractivity contribution >= 4 is 22.5 Å². The number of anilines is 1. The summed E-state index contributed by atoms with van der Waals surface area (Å²) in [5.41, 5.74) is 1.66. The van der Waals surface area contributed by atoms with E-state index in [9.17, 15) is 18.0 Å². The van der Waals surface area contributed by atoms with Crippen LogP contribution in [0, 0.1) is 5.92 Å². The van der Waals surface area contributed by atoms with E-state index in [2.05, 4.69) is 10.3 Å². The highest BCUT2D eigenvalue weighted by molar-refractivity contribution is 6.03. The lowest BCUT2D eigenvalue weighted by atomic mass is 9.81. The molecule has 3 aromatic rings. The summed E-state index contributed by atoms with van der Waals surface area (Å²) >= 11 is 0. The maximum absolute atomic E-state index is 12.6. The average Bonchev–Trinajstić information content (AvgIpc) is 3.09. The van der Waals surface area contributed by atoms with Gasteiger partial charge in [-0.1, -0.05) is 12.1 Å². The molecule has 4 rings (SSSR count). The molecule has 1 amide bonds. The van der Waals surface area contributed by atoms with Crippen molar-refractivity contribution < 1.29 is 27.4 Å². The Hall–Kier alpha value is -3.00. The van der Waals surface area contributed by atoms with E-state index in [0.717, 1.165) is 41.4 Å². The Kier molecular flexibility index (Phi) is 5.91. The fourth-order valence-corrected chi connectivity index (χ4v) is 3.65. The van der Waals surface area contributed by atoms with Gasteiger partial charge in [-0.15, -0.1) is 0 Å². The molecule has 0 saturated heterocycles. The highest BCUT2D eigenvalue weighted by atomic mass is 19.4. The number of hydrogen-bond acceptors (Lipinski definition) is 3. The third-order valence-corrected chi connectivity index (χ3v) is 5.65. The summed E-state index contributed by atoms with van der Waals surface area (Å²) in [6, 6.07) is 10.6. The fourth-order valence-electron chi connectivity index (χ4n) is 3.65. The van der Waals surface area contributed by atoms with Gasteiger partial charge in [-0.3, -0.25) is 4.79 Å². The van der Waals surface area contributed by atoms with Gasteiger partial charge in [0.15, 0.2) is 0 Å². The number of hydrogen-bond donors (Lipinski definition) is 2. The summed E-state index contributed by atoms with van der Waals surface area (Å²) in [5.74, 6) is 0.554. The lowest BCUT2D eigenvalue weighted by Gasteiger charge is -2.32. The number of aromatic nitrogens is 1. The summed E-state index contributed by atoms with van der Waals surface area (Å²) in [5, 5.41) is 3.80. The second kappa shape index (κ2) is 8.63. The normalized spacial score (nSPS) is 18.6. The number of halogens is 3. The number of H-pyrrole nitrogens is 1. The van der Waals surface area contributed by atoms with Gasteiger partial charge in [0.1, 0.15) is 5.75 Å². The Bertz CT molecular complexity index is 1050. The van der Waals surface area contributed by atoms with Crippen LogP contribution in [-0.2, 0) is 22.1 Å². The summed E-state index contributed by atoms with van der Waals surface area (Å²) in [6.07, 6.45) is -0.496. The van der Waals surface area contributed by atoms with E-state index in [1.54, 1.807) is 13.3 Å². The van der Waals surface area contributed by atoms with Crippen LogP contribution in [0.1, 0.15) is 24.0 Å². The van der Waals surface area contributed by atoms with E-state index in [1.807, 2.05) is 18.2 Å². The van der Waals surface area contributed by atoms with Gasteiger partial charge < -0.3 is 19.8 Å². The number of alkyl halides is 3. The number of carbonyl (C=O) groups excluding carboxylic acids is 1. The quantitative estimate of drug-likeness (QED) is 0.541. The van der Waals surface area contributed by atoms with Crippen LogP contribution in [0.2, 0.25) is 0 Å². The average molecular weight is 432 g/mol. The topological polar surface area (TPSA) is 63.3 Å². The molecule has 5 nitrogen and oxygen atoms in total. The van der Waals surface area contributed by atoms with Crippen molar-refractivity contribution in [2.45, 2.75) is 31.5 Å². The molecule has 1 aliphatic rings. The maximum atomic E-state index is 12.6. The van der Waals surface area contributed by atoms with Crippen molar-refractivity contribution in [3.8, 4) is 5.75 Å². The summed E-state index contributed by atoms with van der Waals surface area (Å²) in [4.78, 5) is 15.5. The molecule has 0 aliphatic heterocycles. The number of carbonyl (C=O) groups is 1. The van der Waals surface area contributed by atoms with Crippen molar-refractivity contribution in [2.24, 2.45) is 5.92 Å². The molecule has 8 heteroatoms. The zero-order chi connectivity index (χ0) is 22.0. The van der Waals surface area contributed by atoms with Crippen LogP contribution in [0.25, 0.3) is 10.9 Å². The Morgan fingerprint density at radius 1 is 1.16 bits per heavy atom. The predicted octanol–water partition coefficient (Wildman–Crippen LogP) is 5.17. The van der Waals surface area contributed by atoms with Crippen LogP contribution in [0.4, 0.5) is 18.9 Å². The summed E-state index contributed by atoms with van der Waals surface area (Å²) in [7, 11) is 1.65. The molecule has 2 aromatic carbocycles. The largest absolute Gasteiger partial charge is 0.493 e. The number of rotatable bonds is 7. The van der Waals surface area contributed by atoms with Gasteiger partial charge in [0.05, 0.1) is 24.0 Å². The molecule has 164 valence electrons. The van der Waals surface area contributed by atoms with Gasteiger partial charge in [0, 0.05) is 36.5 Å². The Morgan fingerprint density at radius 2 is 1.90 bits per heavy atom. The minimum atomic E-state index is -4.34. The molecule has 1 fully saturated rings. The minimum Gasteiger partial charge on any atom is -0.493 e. The summed E-state index contributed by atoms with van der Waals surface area (Å²) in [6.45, 7) is 0.323. The molecule has 2 N–H and O–H groups in total. The zero-order valence-electron chi connectivity index (χ0n) is 17.0. The summed E-state index contributed by atoms with van der Waals surface area (Å²) < 4.78 is 49.0. The van der Waals surface area contributed by atoms with Crippen LogP contribution < -0.4 is 10.1 Å². The van der Waals surface area contributed by atoms with Crippen LogP contribution in [0.3, 0.4) is 0 Å². The number of aromatic amines is 1. The zero-order valence-corrected chi connectivity index (χ0v) is 17.0. The van der Waals surface area contributed by atoms with E-state index < -0.39 is 11.7 Å². The number of nitrogens with one attached hydrogen (secondary N) is 2. The van der Waals surface area contributed by atoms with Gasteiger partial charge in [-0.2, -0.15) is 13.2 Å². The number of amides is 1. The van der Waals surface area contributed by atoms with E-state index in [0.29, 0.717) is 24.5 Å². The van der Waals surface area contributed by atoms with Crippen LogP contribution in [0.5, 0.6) is 5.75 Å². The standard InChI is InChI=1S/C23H23F3N2O3/c1-30-18-10-15(11-18)22(29)28-21-13-27-20-7-6-17(12-19(20)21)31-9-8-14-2-4-16(5-3-14)23(24,25)26/h2-7,12-13,15,18,27H,8-11H2,1H3,(H,28,29). The molecular weight excluding hydrogens is 409 g/mol. The molecule has 1 heterocycles. The molecule has 1 aliphatic carbocycles. The van der Waals surface area contributed by atoms with E-state index >= 15 is 0 Å². The minimum absolute atomic E-state index is 0.0252. The highest BCUT2D eigenvalue weighted by Gasteiger charge is 2.34. The Balaban J connectivity index is 1.35. The number of methoxy groups -OCH3 is 1. The Labute approximate surface area is 177 Å². The van der Waals surface area contributed by atoms with E-state index in [1.165, 1.54) is 12.1 Å². The second-order valence-electron chi connectivity index (χ2n) is 7.72. The first-order valence-electron chi connectivity index (χ1n) is 10.1. The third-order valence-electron chi connectivity index (χ3n) is 5.65. The van der Waals surface area contributed by atoms with Gasteiger partial charge in [-0.05, 0) is 48.7 Å². The Morgan fingerprint density at radius 3 is 2.58 bits per heavy atom. The smallest absolute Gasteiger partial charge is 0.416 e. The molecule has 0 radical (unpaired) electrons. The first-order valence-corrected chi connectivity index (χ1v) is 10.1. The van der Waals surface area contributed by atoms with Crippen LogP contribution in [0.15, 0.2) is 48.7 Å². The molecule has 0 bridgehead atoms. The molecule has 31 heavy (non-hydrogen) atoms. The van der Waals surface area contributed by atoms with Crippen molar-refractivity contribution in [2.75, 3.05) is 19.0 Å². The first-order chi connectivity index (χ1) is 14.8. The number of fused-ring (bicyclic) bond motifs is 1. The lowest BCUT2D eigenvalue weighted by Crippen LogP contribution is -2.38. The van der Waals surface area contributed by atoms with E-state index in [-0.39, 0.29) is 17.9 Å². The molecule has 1 saturated carbocycles. The first kappa shape index (κ1) is 21.2. The van der Waals surface area contributed by atoms with Gasteiger partial charge in [0.2, 0.25) is 5.91 Å². The molecule has 0 spiro atoms. The van der Waals surface area contributed by atoms with Gasteiger partial charge in [-0.25, -0.2) is 0 Å². The monoisotopic (exact) mass is 432 g/mol. The van der Waals surface area contributed by atoms with Crippen molar-refractivity contribution in [3.63, 3.8) is 0 Å². The van der Waals surface area contributed by atoms with E-state index in [4.69, 9.17) is 9.47 Å². The van der Waals surface area contributed by atoms with Crippen molar-refractivity contribution in [1.29, 1.82) is 0 Å². The lowest BCUT2D eigenvalue weighted by molar-refractivity contribution is -0.137. The molecule has 1 aromatic heterocycles. The number of benzene rings is 2. The van der Waals surface area contributed by atoms with Gasteiger partial charge in [0.25, 0.3) is 0 Å².